The summed E-state index contributed by atoms with van der Waals surface area (Å²) in [5, 5.41) is 6.62. The Kier molecular flexibility index (Phi) is 4.31. The number of amides is 2. The van der Waals surface area contributed by atoms with Gasteiger partial charge in [-0.3, -0.25) is 5.32 Å². The molecule has 5 heteroatoms. The van der Waals surface area contributed by atoms with E-state index in [1.807, 2.05) is 51.1 Å². The van der Waals surface area contributed by atoms with Crippen LogP contribution in [0.15, 0.2) is 40.9 Å². The van der Waals surface area contributed by atoms with Crippen LogP contribution in [0.3, 0.4) is 0 Å². The number of nitrogens with one attached hydrogen (secondary N) is 1. The molecule has 0 aliphatic heterocycles. The number of hydrogen-bond donors (Lipinski definition) is 1. The highest BCUT2D eigenvalue weighted by atomic mass is 16.5. The molecule has 0 fully saturated rings. The molecule has 2 aromatic rings. The number of hydrogen-bond acceptors (Lipinski definition) is 3. The fourth-order valence-electron chi connectivity index (χ4n) is 1.82. The van der Waals surface area contributed by atoms with Gasteiger partial charge in [0.05, 0.1) is 0 Å². The number of carbonyl (C=O) groups excluding carboxylic acids is 1. The standard InChI is InChI=1S/C16H21N3O2/c1-16(2,3)13-10-14(18-21-13)17-15(20)19(4)11-12-8-6-5-7-9-12/h5-10H,11H2,1-4H3,(H,17,18,20). The summed E-state index contributed by atoms with van der Waals surface area (Å²) in [6, 6.07) is 11.4. The molecule has 0 saturated carbocycles. The normalized spacial score (nSPS) is 11.2. The molecule has 0 atom stereocenters. The average Bonchev–Trinajstić information content (AvgIpc) is 2.88. The molecule has 2 amide bonds. The molecule has 1 aromatic carbocycles. The highest BCUT2D eigenvalue weighted by Gasteiger charge is 2.20. The third-order valence-corrected chi connectivity index (χ3v) is 3.09. The fourth-order valence-corrected chi connectivity index (χ4v) is 1.82. The van der Waals surface area contributed by atoms with E-state index >= 15 is 0 Å². The van der Waals surface area contributed by atoms with Gasteiger partial charge in [-0.1, -0.05) is 56.3 Å². The maximum absolute atomic E-state index is 12.1. The zero-order valence-corrected chi connectivity index (χ0v) is 12.9. The Balaban J connectivity index is 1.96. The Morgan fingerprint density at radius 3 is 2.52 bits per heavy atom. The van der Waals surface area contributed by atoms with Crippen molar-refractivity contribution >= 4 is 11.8 Å². The first-order chi connectivity index (χ1) is 9.86. The van der Waals surface area contributed by atoms with E-state index in [-0.39, 0.29) is 11.4 Å². The zero-order chi connectivity index (χ0) is 15.5. The van der Waals surface area contributed by atoms with Gasteiger partial charge in [-0.05, 0) is 5.56 Å². The van der Waals surface area contributed by atoms with Gasteiger partial charge in [-0.2, -0.15) is 0 Å². The molecule has 0 unspecified atom stereocenters. The summed E-state index contributed by atoms with van der Waals surface area (Å²) in [7, 11) is 1.74. The van der Waals surface area contributed by atoms with Gasteiger partial charge < -0.3 is 9.42 Å². The molecule has 0 spiro atoms. The van der Waals surface area contributed by atoms with Crippen molar-refractivity contribution in [2.24, 2.45) is 0 Å². The minimum Gasteiger partial charge on any atom is -0.359 e. The number of anilines is 1. The SMILES string of the molecule is CN(Cc1ccccc1)C(=O)Nc1cc(C(C)(C)C)on1. The van der Waals surface area contributed by atoms with Crippen LogP contribution in [0.2, 0.25) is 0 Å². The second-order valence-corrected chi connectivity index (χ2v) is 6.10. The third kappa shape index (κ3) is 4.08. The summed E-state index contributed by atoms with van der Waals surface area (Å²) in [4.78, 5) is 13.7. The second kappa shape index (κ2) is 5.99. The van der Waals surface area contributed by atoms with Crippen LogP contribution < -0.4 is 5.32 Å². The molecular formula is C16H21N3O2. The van der Waals surface area contributed by atoms with Crippen molar-refractivity contribution in [3.63, 3.8) is 0 Å². The predicted octanol–water partition coefficient (Wildman–Crippen LogP) is 3.64. The van der Waals surface area contributed by atoms with E-state index in [1.54, 1.807) is 18.0 Å². The van der Waals surface area contributed by atoms with Crippen LogP contribution in [-0.2, 0) is 12.0 Å². The number of benzene rings is 1. The quantitative estimate of drug-likeness (QED) is 0.937. The number of urea groups is 1. The van der Waals surface area contributed by atoms with Gasteiger partial charge in [-0.15, -0.1) is 0 Å². The first kappa shape index (κ1) is 15.1. The molecule has 0 aliphatic rings. The highest BCUT2D eigenvalue weighted by Crippen LogP contribution is 2.24. The molecule has 5 nitrogen and oxygen atoms in total. The van der Waals surface area contributed by atoms with Gasteiger partial charge in [0, 0.05) is 25.1 Å². The molecule has 1 N–H and O–H groups in total. The van der Waals surface area contributed by atoms with Crippen molar-refractivity contribution in [1.29, 1.82) is 0 Å². The van der Waals surface area contributed by atoms with E-state index in [0.29, 0.717) is 12.4 Å². The Morgan fingerprint density at radius 2 is 1.95 bits per heavy atom. The van der Waals surface area contributed by atoms with Crippen molar-refractivity contribution in [1.82, 2.24) is 10.1 Å². The van der Waals surface area contributed by atoms with Crippen LogP contribution in [-0.4, -0.2) is 23.1 Å². The van der Waals surface area contributed by atoms with Crippen LogP contribution in [0.1, 0.15) is 32.1 Å². The maximum atomic E-state index is 12.1. The van der Waals surface area contributed by atoms with Gasteiger partial charge >= 0.3 is 6.03 Å². The number of aromatic nitrogens is 1. The topological polar surface area (TPSA) is 58.4 Å². The minimum absolute atomic E-state index is 0.133. The monoisotopic (exact) mass is 287 g/mol. The first-order valence-electron chi connectivity index (χ1n) is 6.89. The number of nitrogens with zero attached hydrogens (tertiary/aromatic N) is 2. The zero-order valence-electron chi connectivity index (χ0n) is 12.9. The second-order valence-electron chi connectivity index (χ2n) is 6.10. The molecule has 0 radical (unpaired) electrons. The Bertz CT molecular complexity index is 599. The van der Waals surface area contributed by atoms with Crippen LogP contribution in [0.4, 0.5) is 10.6 Å². The Hall–Kier alpha value is -2.30. The van der Waals surface area contributed by atoms with Gasteiger partial charge in [0.2, 0.25) is 0 Å². The van der Waals surface area contributed by atoms with E-state index in [9.17, 15) is 4.79 Å². The molecule has 0 bridgehead atoms. The van der Waals surface area contributed by atoms with E-state index in [1.165, 1.54) is 0 Å². The van der Waals surface area contributed by atoms with Crippen LogP contribution in [0.25, 0.3) is 0 Å². The molecule has 0 aliphatic carbocycles. The summed E-state index contributed by atoms with van der Waals surface area (Å²) >= 11 is 0. The van der Waals surface area contributed by atoms with Gasteiger partial charge in [0.1, 0.15) is 5.76 Å². The molecule has 2 rings (SSSR count). The minimum atomic E-state index is -0.215. The Labute approximate surface area is 124 Å². The summed E-state index contributed by atoms with van der Waals surface area (Å²) in [6.07, 6.45) is 0. The van der Waals surface area contributed by atoms with E-state index in [0.717, 1.165) is 11.3 Å². The van der Waals surface area contributed by atoms with Gasteiger partial charge in [-0.25, -0.2) is 4.79 Å². The van der Waals surface area contributed by atoms with E-state index in [4.69, 9.17) is 4.52 Å². The summed E-state index contributed by atoms with van der Waals surface area (Å²) in [5.74, 6) is 1.17. The smallest absolute Gasteiger partial charge is 0.323 e. The maximum Gasteiger partial charge on any atom is 0.323 e. The molecule has 0 saturated heterocycles. The predicted molar refractivity (Wildman–Crippen MR) is 82.1 cm³/mol. The van der Waals surface area contributed by atoms with Crippen molar-refractivity contribution in [3.05, 3.63) is 47.7 Å². The first-order valence-corrected chi connectivity index (χ1v) is 6.89. The van der Waals surface area contributed by atoms with Crippen molar-refractivity contribution < 1.29 is 9.32 Å². The molecule has 112 valence electrons. The molecule has 1 aromatic heterocycles. The summed E-state index contributed by atoms with van der Waals surface area (Å²) in [5.41, 5.74) is 0.942. The van der Waals surface area contributed by atoms with Crippen LogP contribution >= 0.6 is 0 Å². The lowest BCUT2D eigenvalue weighted by Gasteiger charge is -2.17. The molecule has 1 heterocycles. The average molecular weight is 287 g/mol. The van der Waals surface area contributed by atoms with Crippen molar-refractivity contribution in [2.45, 2.75) is 32.7 Å². The van der Waals surface area contributed by atoms with Crippen molar-refractivity contribution in [3.8, 4) is 0 Å². The van der Waals surface area contributed by atoms with Crippen LogP contribution in [0, 0.1) is 0 Å². The van der Waals surface area contributed by atoms with Crippen LogP contribution in [0.5, 0.6) is 0 Å². The van der Waals surface area contributed by atoms with E-state index in [2.05, 4.69) is 10.5 Å². The fraction of sp³-hybridized carbons (Fsp3) is 0.375. The molecule has 21 heavy (non-hydrogen) atoms. The Morgan fingerprint density at radius 1 is 1.29 bits per heavy atom. The van der Waals surface area contributed by atoms with E-state index < -0.39 is 0 Å². The number of carbonyl (C=O) groups is 1. The number of rotatable bonds is 3. The van der Waals surface area contributed by atoms with Gasteiger partial charge in [0.15, 0.2) is 5.82 Å². The lowest BCUT2D eigenvalue weighted by Crippen LogP contribution is -2.30. The summed E-state index contributed by atoms with van der Waals surface area (Å²) < 4.78 is 5.24. The third-order valence-electron chi connectivity index (χ3n) is 3.09. The van der Waals surface area contributed by atoms with Gasteiger partial charge in [0.25, 0.3) is 0 Å². The lowest BCUT2D eigenvalue weighted by atomic mass is 9.93. The lowest BCUT2D eigenvalue weighted by molar-refractivity contribution is 0.220. The molecular weight excluding hydrogens is 266 g/mol. The highest BCUT2D eigenvalue weighted by molar-refractivity contribution is 5.88. The summed E-state index contributed by atoms with van der Waals surface area (Å²) in [6.45, 7) is 6.62. The van der Waals surface area contributed by atoms with Crippen molar-refractivity contribution in [2.75, 3.05) is 12.4 Å². The largest absolute Gasteiger partial charge is 0.359 e.